The van der Waals surface area contributed by atoms with E-state index in [1.165, 1.54) is 0 Å². The molecular formula is C19H31ClN2O3. The number of hydrogen-bond acceptors (Lipinski definition) is 4. The molecule has 0 aliphatic carbocycles. The first kappa shape index (κ1) is 21.6. The van der Waals surface area contributed by atoms with Gasteiger partial charge in [-0.25, -0.2) is 0 Å². The molecule has 1 heterocycles. The molecule has 1 saturated heterocycles. The number of halogens is 1. The molecule has 25 heavy (non-hydrogen) atoms. The van der Waals surface area contributed by atoms with Crippen LogP contribution in [0.25, 0.3) is 0 Å². The molecule has 0 saturated carbocycles. The van der Waals surface area contributed by atoms with Crippen molar-refractivity contribution in [1.82, 2.24) is 10.6 Å². The molecule has 0 spiro atoms. The Labute approximate surface area is 157 Å². The third-order valence-corrected chi connectivity index (χ3v) is 4.33. The van der Waals surface area contributed by atoms with Crippen LogP contribution in [0.4, 0.5) is 0 Å². The van der Waals surface area contributed by atoms with E-state index < -0.39 is 0 Å². The zero-order chi connectivity index (χ0) is 17.5. The fourth-order valence-electron chi connectivity index (χ4n) is 2.83. The molecule has 1 aliphatic heterocycles. The Morgan fingerprint density at radius 1 is 1.24 bits per heavy atom. The maximum Gasteiger partial charge on any atom is 0.223 e. The average Bonchev–Trinajstić information content (AvgIpc) is 2.60. The maximum absolute atomic E-state index is 12.4. The molecule has 2 N–H and O–H groups in total. The Morgan fingerprint density at radius 3 is 2.52 bits per heavy atom. The van der Waals surface area contributed by atoms with Crippen LogP contribution >= 0.6 is 12.4 Å². The first-order valence-corrected chi connectivity index (χ1v) is 8.83. The molecule has 142 valence electrons. The molecular weight excluding hydrogens is 340 g/mol. The van der Waals surface area contributed by atoms with Crippen LogP contribution < -0.4 is 20.1 Å². The van der Waals surface area contributed by atoms with E-state index in [0.717, 1.165) is 37.2 Å². The zero-order valence-electron chi connectivity index (χ0n) is 15.6. The molecule has 1 unspecified atom stereocenters. The molecule has 1 aromatic rings. The lowest BCUT2D eigenvalue weighted by molar-refractivity contribution is -0.126. The molecule has 0 bridgehead atoms. The zero-order valence-corrected chi connectivity index (χ0v) is 16.4. The van der Waals surface area contributed by atoms with Gasteiger partial charge in [-0.15, -0.1) is 12.4 Å². The number of piperidine rings is 1. The van der Waals surface area contributed by atoms with Crippen LogP contribution in [0, 0.1) is 11.8 Å². The number of methoxy groups -OCH3 is 1. The minimum Gasteiger partial charge on any atom is -0.493 e. The van der Waals surface area contributed by atoms with E-state index in [1.807, 2.05) is 25.1 Å². The topological polar surface area (TPSA) is 59.6 Å². The fourth-order valence-corrected chi connectivity index (χ4v) is 2.83. The number of carbonyl (C=O) groups is 1. The van der Waals surface area contributed by atoms with Crippen LogP contribution in [-0.2, 0) is 4.79 Å². The molecule has 1 aliphatic rings. The standard InChI is InChI=1S/C19H30N2O3.ClH/c1-13(2)12-24-17-6-5-16(11-18(17)23-4)14(3)21-19(22)15-7-9-20-10-8-15;/h5-6,11,13-15,20H,7-10,12H2,1-4H3,(H,21,22);1H. The van der Waals surface area contributed by atoms with Crippen LogP contribution in [0.5, 0.6) is 11.5 Å². The quantitative estimate of drug-likeness (QED) is 0.772. The van der Waals surface area contributed by atoms with E-state index in [2.05, 4.69) is 24.5 Å². The average molecular weight is 371 g/mol. The molecule has 2 rings (SSSR count). The van der Waals surface area contributed by atoms with Crippen LogP contribution in [0.2, 0.25) is 0 Å². The normalized spacial score (nSPS) is 16.0. The molecule has 0 radical (unpaired) electrons. The molecule has 1 fully saturated rings. The van der Waals surface area contributed by atoms with Crippen molar-refractivity contribution in [3.8, 4) is 11.5 Å². The van der Waals surface area contributed by atoms with E-state index in [0.29, 0.717) is 18.3 Å². The van der Waals surface area contributed by atoms with E-state index in [9.17, 15) is 4.79 Å². The Kier molecular flexibility index (Phi) is 9.08. The third-order valence-electron chi connectivity index (χ3n) is 4.33. The summed E-state index contributed by atoms with van der Waals surface area (Å²) in [6, 6.07) is 5.80. The molecule has 1 atom stereocenters. The van der Waals surface area contributed by atoms with Gasteiger partial charge in [0, 0.05) is 5.92 Å². The highest BCUT2D eigenvalue weighted by Crippen LogP contribution is 2.31. The number of nitrogens with one attached hydrogen (secondary N) is 2. The summed E-state index contributed by atoms with van der Waals surface area (Å²) in [5, 5.41) is 6.41. The van der Waals surface area contributed by atoms with Gasteiger partial charge >= 0.3 is 0 Å². The predicted octanol–water partition coefficient (Wildman–Crippen LogP) is 3.33. The van der Waals surface area contributed by atoms with Gasteiger partial charge < -0.3 is 20.1 Å². The Hall–Kier alpha value is -1.46. The molecule has 0 aromatic heterocycles. The SMILES string of the molecule is COc1cc(C(C)NC(=O)C2CCNCC2)ccc1OCC(C)C.Cl. The van der Waals surface area contributed by atoms with Crippen molar-refractivity contribution < 1.29 is 14.3 Å². The number of benzene rings is 1. The summed E-state index contributed by atoms with van der Waals surface area (Å²) >= 11 is 0. The van der Waals surface area contributed by atoms with Crippen LogP contribution in [0.15, 0.2) is 18.2 Å². The first-order chi connectivity index (χ1) is 11.5. The van der Waals surface area contributed by atoms with E-state index in [1.54, 1.807) is 7.11 Å². The highest BCUT2D eigenvalue weighted by Gasteiger charge is 2.22. The fraction of sp³-hybridized carbons (Fsp3) is 0.632. The van der Waals surface area contributed by atoms with E-state index in [-0.39, 0.29) is 30.3 Å². The lowest BCUT2D eigenvalue weighted by atomic mass is 9.96. The highest BCUT2D eigenvalue weighted by molar-refractivity contribution is 5.85. The summed E-state index contributed by atoms with van der Waals surface area (Å²) in [5.74, 6) is 2.16. The molecule has 6 heteroatoms. The van der Waals surface area contributed by atoms with Crippen molar-refractivity contribution in [2.24, 2.45) is 11.8 Å². The molecule has 1 aromatic carbocycles. The Morgan fingerprint density at radius 2 is 1.92 bits per heavy atom. The number of rotatable bonds is 7. The third kappa shape index (κ3) is 6.40. The van der Waals surface area contributed by atoms with Gasteiger partial charge in [-0.3, -0.25) is 4.79 Å². The minimum absolute atomic E-state index is 0. The van der Waals surface area contributed by atoms with Crippen LogP contribution in [0.1, 0.15) is 45.2 Å². The van der Waals surface area contributed by atoms with Crippen molar-refractivity contribution in [1.29, 1.82) is 0 Å². The summed E-state index contributed by atoms with van der Waals surface area (Å²) in [7, 11) is 1.64. The number of amides is 1. The van der Waals surface area contributed by atoms with Gasteiger partial charge in [-0.1, -0.05) is 19.9 Å². The smallest absolute Gasteiger partial charge is 0.223 e. The summed E-state index contributed by atoms with van der Waals surface area (Å²) in [4.78, 5) is 12.4. The van der Waals surface area contributed by atoms with Gasteiger partial charge in [0.25, 0.3) is 0 Å². The van der Waals surface area contributed by atoms with E-state index in [4.69, 9.17) is 9.47 Å². The van der Waals surface area contributed by atoms with Crippen LogP contribution in [-0.4, -0.2) is 32.7 Å². The maximum atomic E-state index is 12.4. The number of hydrogen-bond donors (Lipinski definition) is 2. The highest BCUT2D eigenvalue weighted by atomic mass is 35.5. The van der Waals surface area contributed by atoms with E-state index >= 15 is 0 Å². The summed E-state index contributed by atoms with van der Waals surface area (Å²) in [6.45, 7) is 8.71. The Balaban J connectivity index is 0.00000312. The first-order valence-electron chi connectivity index (χ1n) is 8.83. The molecule has 1 amide bonds. The van der Waals surface area contributed by atoms with Crippen molar-refractivity contribution in [3.63, 3.8) is 0 Å². The summed E-state index contributed by atoms with van der Waals surface area (Å²) < 4.78 is 11.2. The van der Waals surface area contributed by atoms with Crippen molar-refractivity contribution >= 4 is 18.3 Å². The largest absolute Gasteiger partial charge is 0.493 e. The van der Waals surface area contributed by atoms with Crippen LogP contribution in [0.3, 0.4) is 0 Å². The van der Waals surface area contributed by atoms with Gasteiger partial charge in [0.15, 0.2) is 11.5 Å². The second kappa shape index (κ2) is 10.5. The molecule has 5 nitrogen and oxygen atoms in total. The van der Waals surface area contributed by atoms with Gasteiger partial charge in [-0.2, -0.15) is 0 Å². The van der Waals surface area contributed by atoms with Gasteiger partial charge in [-0.05, 0) is 56.5 Å². The number of ether oxygens (including phenoxy) is 2. The van der Waals surface area contributed by atoms with Crippen molar-refractivity contribution in [2.45, 2.75) is 39.7 Å². The van der Waals surface area contributed by atoms with Gasteiger partial charge in [0.05, 0.1) is 19.8 Å². The summed E-state index contributed by atoms with van der Waals surface area (Å²) in [5.41, 5.74) is 1.02. The minimum atomic E-state index is -0.0552. The predicted molar refractivity (Wildman–Crippen MR) is 103 cm³/mol. The second-order valence-corrected chi connectivity index (χ2v) is 6.87. The Bertz CT molecular complexity index is 545. The number of carbonyl (C=O) groups excluding carboxylic acids is 1. The van der Waals surface area contributed by atoms with Crippen molar-refractivity contribution in [3.05, 3.63) is 23.8 Å². The van der Waals surface area contributed by atoms with Crippen molar-refractivity contribution in [2.75, 3.05) is 26.8 Å². The monoisotopic (exact) mass is 370 g/mol. The lowest BCUT2D eigenvalue weighted by Crippen LogP contribution is -2.39. The van der Waals surface area contributed by atoms with Gasteiger partial charge in [0.2, 0.25) is 5.91 Å². The van der Waals surface area contributed by atoms with Gasteiger partial charge in [0.1, 0.15) is 0 Å². The lowest BCUT2D eigenvalue weighted by Gasteiger charge is -2.24. The summed E-state index contributed by atoms with van der Waals surface area (Å²) in [6.07, 6.45) is 1.81. The second-order valence-electron chi connectivity index (χ2n) is 6.87.